The number of rotatable bonds is 12. The number of nitrogens with zero attached hydrogens (tertiary/aromatic N) is 6. The second-order valence-electron chi connectivity index (χ2n) is 13.2. The van der Waals surface area contributed by atoms with E-state index in [1.165, 1.54) is 0 Å². The minimum atomic E-state index is -1.86. The van der Waals surface area contributed by atoms with E-state index in [0.29, 0.717) is 19.8 Å². The first-order chi connectivity index (χ1) is 17.9. The Balaban J connectivity index is 0.00000122. The van der Waals surface area contributed by atoms with Gasteiger partial charge in [0.15, 0.2) is 0 Å². The van der Waals surface area contributed by atoms with Gasteiger partial charge in [-0.2, -0.15) is 0 Å². The van der Waals surface area contributed by atoms with Crippen molar-refractivity contribution >= 4 is 15.4 Å². The summed E-state index contributed by atoms with van der Waals surface area (Å²) in [6, 6.07) is 6.16. The average molecular weight is 626 g/mol. The average Bonchev–Trinajstić information content (AvgIpc) is 3.55. The fourth-order valence-electron chi connectivity index (χ4n) is 4.39. The summed E-state index contributed by atoms with van der Waals surface area (Å²) < 4.78 is 22.2. The Morgan fingerprint density at radius 3 is 1.07 bits per heavy atom. The van der Waals surface area contributed by atoms with Crippen LogP contribution in [0.4, 0.5) is 0 Å². The molecular weight excluding hydrogens is 577 g/mol. The molecule has 0 saturated heterocycles. The summed E-state index contributed by atoms with van der Waals surface area (Å²) in [7, 11) is 1.78. The van der Waals surface area contributed by atoms with Crippen molar-refractivity contribution in [1.29, 1.82) is 0 Å². The Bertz CT molecular complexity index is 1030. The molecule has 13 heteroatoms. The quantitative estimate of drug-likeness (QED) is 0.285. The van der Waals surface area contributed by atoms with E-state index in [4.69, 9.17) is 29.5 Å². The molecule has 3 aromatic rings. The predicted octanol–water partition coefficient (Wildman–Crippen LogP) is 2.89. The first-order valence-corrected chi connectivity index (χ1v) is 16.9. The molecule has 3 heterocycles. The SMILES string of the molecule is COCC(C)(C)c1ccn([BH-](n2ccc(C(C)(C)COC)n2)n2ccc(C(C)(C)COC)n2)n1.C[Si](C)(C)[O-].[Zn+2]. The summed E-state index contributed by atoms with van der Waals surface area (Å²) in [5, 5.41) is 14.9. The molecule has 0 unspecified atom stereocenters. The van der Waals surface area contributed by atoms with Crippen molar-refractivity contribution in [2.24, 2.45) is 0 Å². The van der Waals surface area contributed by atoms with Crippen LogP contribution in [0.5, 0.6) is 0 Å². The summed E-state index contributed by atoms with van der Waals surface area (Å²) in [5.41, 5.74) is 2.25. The monoisotopic (exact) mass is 624 g/mol. The summed E-state index contributed by atoms with van der Waals surface area (Å²) in [6.07, 6.45) is 6.03. The van der Waals surface area contributed by atoms with Gasteiger partial charge >= 0.3 is 26.6 Å². The van der Waals surface area contributed by atoms with Crippen molar-refractivity contribution in [3.8, 4) is 0 Å². The van der Waals surface area contributed by atoms with Gasteiger partial charge in [0.25, 0.3) is 0 Å². The molecule has 3 rings (SSSR count). The number of hydrogen-bond donors (Lipinski definition) is 0. The standard InChI is InChI=1S/C24H40BN6O3.C3H9OSi.Zn/c1-22(2,16-32-7)19-10-13-29(26-19)25(30-14-11-20(27-30)23(3,4)17-33-8)31-15-12-21(28-31)24(5,6)18-34-9;1-5(2,3)4;/h10-15,25H,16-18H2,1-9H3;1-3H3;/q2*-1;+2. The summed E-state index contributed by atoms with van der Waals surface area (Å²) in [5.74, 6) is 0. The van der Waals surface area contributed by atoms with Gasteiger partial charge in [-0.1, -0.05) is 69.5 Å². The van der Waals surface area contributed by atoms with Gasteiger partial charge in [0, 0.05) is 37.6 Å². The van der Waals surface area contributed by atoms with Gasteiger partial charge in [-0.3, -0.25) is 0 Å². The van der Waals surface area contributed by atoms with Crippen molar-refractivity contribution in [3.63, 3.8) is 0 Å². The molecule has 220 valence electrons. The molecule has 0 saturated carbocycles. The van der Waals surface area contributed by atoms with Crippen LogP contribution in [0.3, 0.4) is 0 Å². The summed E-state index contributed by atoms with van der Waals surface area (Å²) >= 11 is 0. The number of ether oxygens (including phenoxy) is 3. The zero-order valence-corrected chi connectivity index (χ0v) is 30.8. The first-order valence-electron chi connectivity index (χ1n) is 13.5. The fraction of sp³-hybridized carbons (Fsp3) is 0.667. The largest absolute Gasteiger partial charge is 2.00 e. The molecule has 0 aliphatic carbocycles. The van der Waals surface area contributed by atoms with Gasteiger partial charge in [0.2, 0.25) is 0 Å². The second kappa shape index (κ2) is 14.5. The zero-order valence-electron chi connectivity index (χ0n) is 26.8. The van der Waals surface area contributed by atoms with Crippen LogP contribution < -0.4 is 4.80 Å². The molecule has 0 spiro atoms. The van der Waals surface area contributed by atoms with Crippen LogP contribution in [0, 0.1) is 0 Å². The topological polar surface area (TPSA) is 104 Å². The van der Waals surface area contributed by atoms with E-state index in [-0.39, 0.29) is 35.7 Å². The summed E-state index contributed by atoms with van der Waals surface area (Å²) in [4.78, 5) is 10.2. The molecule has 0 bridgehead atoms. The molecule has 10 nitrogen and oxygen atoms in total. The molecule has 0 radical (unpaired) electrons. The van der Waals surface area contributed by atoms with Gasteiger partial charge < -0.3 is 32.8 Å². The molecule has 0 atom stereocenters. The number of methoxy groups -OCH3 is 3. The maximum Gasteiger partial charge on any atom is 2.00 e. The van der Waals surface area contributed by atoms with Crippen LogP contribution in [0.25, 0.3) is 0 Å². The molecule has 0 aromatic carbocycles. The van der Waals surface area contributed by atoms with Crippen molar-refractivity contribution in [2.75, 3.05) is 41.2 Å². The molecule has 40 heavy (non-hydrogen) atoms. The number of hydrogen-bond acceptors (Lipinski definition) is 7. The maximum atomic E-state index is 10.2. The Hall–Kier alpha value is -1.62. The van der Waals surface area contributed by atoms with Gasteiger partial charge in [-0.05, 0) is 36.8 Å². The van der Waals surface area contributed by atoms with E-state index >= 15 is 0 Å². The minimum absolute atomic E-state index is 0. The predicted molar refractivity (Wildman–Crippen MR) is 158 cm³/mol. The zero-order chi connectivity index (χ0) is 29.6. The third-order valence-electron chi connectivity index (χ3n) is 6.39. The Morgan fingerprint density at radius 2 is 0.875 bits per heavy atom. The Labute approximate surface area is 254 Å². The van der Waals surface area contributed by atoms with E-state index < -0.39 is 15.4 Å². The Morgan fingerprint density at radius 1 is 0.650 bits per heavy atom. The van der Waals surface area contributed by atoms with Crippen LogP contribution in [0.1, 0.15) is 58.6 Å². The maximum absolute atomic E-state index is 10.2. The fourth-order valence-corrected chi connectivity index (χ4v) is 4.39. The van der Waals surface area contributed by atoms with Gasteiger partial charge in [-0.25, -0.2) is 15.3 Å². The van der Waals surface area contributed by atoms with Crippen LogP contribution in [0.2, 0.25) is 19.6 Å². The van der Waals surface area contributed by atoms with Gasteiger partial charge in [0.1, 0.15) is 0 Å². The van der Waals surface area contributed by atoms with E-state index in [1.807, 2.05) is 32.4 Å². The van der Waals surface area contributed by atoms with Gasteiger partial charge in [0.05, 0.1) is 36.9 Å². The van der Waals surface area contributed by atoms with E-state index in [2.05, 4.69) is 59.7 Å². The smallest absolute Gasteiger partial charge is 0.859 e. The number of aromatic nitrogens is 6. The molecule has 0 aliphatic rings. The van der Waals surface area contributed by atoms with Crippen LogP contribution >= 0.6 is 0 Å². The van der Waals surface area contributed by atoms with Crippen molar-refractivity contribution in [1.82, 2.24) is 29.1 Å². The molecule has 0 aliphatic heterocycles. The van der Waals surface area contributed by atoms with Crippen molar-refractivity contribution < 1.29 is 38.5 Å². The molecular formula is C27H49BN6O4SiZn. The van der Waals surface area contributed by atoms with E-state index in [9.17, 15) is 4.80 Å². The van der Waals surface area contributed by atoms with Crippen LogP contribution in [-0.2, 0) is 49.9 Å². The third-order valence-corrected chi connectivity index (χ3v) is 6.39. The van der Waals surface area contributed by atoms with Crippen molar-refractivity contribution in [2.45, 2.75) is 77.4 Å². The van der Waals surface area contributed by atoms with E-state index in [0.717, 1.165) is 17.1 Å². The minimum Gasteiger partial charge on any atom is -0.859 e. The molecule has 0 fully saturated rings. The van der Waals surface area contributed by atoms with Crippen molar-refractivity contribution in [3.05, 3.63) is 53.9 Å². The molecule has 0 amide bonds. The Kier molecular flexibility index (Phi) is 13.2. The van der Waals surface area contributed by atoms with Gasteiger partial charge in [-0.15, -0.1) is 0 Å². The summed E-state index contributed by atoms with van der Waals surface area (Å²) in [6.45, 7) is 19.8. The second-order valence-corrected chi connectivity index (χ2v) is 17.4. The van der Waals surface area contributed by atoms with Crippen LogP contribution in [0.15, 0.2) is 36.8 Å². The van der Waals surface area contributed by atoms with Crippen LogP contribution in [-0.4, -0.2) is 85.7 Å². The molecule has 3 aromatic heterocycles. The normalized spacial score (nSPS) is 12.8. The molecule has 0 N–H and O–H groups in total. The third kappa shape index (κ3) is 10.0. The first kappa shape index (κ1) is 36.4. The van der Waals surface area contributed by atoms with E-state index in [1.54, 1.807) is 41.0 Å².